The maximum Gasteiger partial charge on any atom is 0.254 e. The minimum Gasteiger partial charge on any atom is -0.497 e. The smallest absolute Gasteiger partial charge is 0.254 e. The van der Waals surface area contributed by atoms with Crippen LogP contribution in [0.3, 0.4) is 0 Å². The molecule has 4 rings (SSSR count). The van der Waals surface area contributed by atoms with Gasteiger partial charge in [-0.3, -0.25) is 9.59 Å². The van der Waals surface area contributed by atoms with E-state index in [4.69, 9.17) is 9.47 Å². The van der Waals surface area contributed by atoms with Gasteiger partial charge in [-0.05, 0) is 56.5 Å². The SMILES string of the molecule is COc1cc(OC)cc(C(=O)N2CCC(N3CCC(C(=O)N(C)Cc4ccccc4)CC3)CC2)c1. The van der Waals surface area contributed by atoms with Crippen molar-refractivity contribution < 1.29 is 19.1 Å². The topological polar surface area (TPSA) is 62.3 Å². The zero-order valence-electron chi connectivity index (χ0n) is 21.1. The summed E-state index contributed by atoms with van der Waals surface area (Å²) >= 11 is 0. The Labute approximate surface area is 208 Å². The van der Waals surface area contributed by atoms with Crippen molar-refractivity contribution in [2.75, 3.05) is 47.4 Å². The number of nitrogens with zero attached hydrogens (tertiary/aromatic N) is 3. The van der Waals surface area contributed by atoms with Crippen molar-refractivity contribution in [2.24, 2.45) is 5.92 Å². The number of carbonyl (C=O) groups excluding carboxylic acids is 2. The van der Waals surface area contributed by atoms with Crippen molar-refractivity contribution in [1.29, 1.82) is 0 Å². The Morgan fingerprint density at radius 2 is 1.49 bits per heavy atom. The van der Waals surface area contributed by atoms with Crippen LogP contribution in [0.1, 0.15) is 41.6 Å². The molecule has 0 aliphatic carbocycles. The van der Waals surface area contributed by atoms with E-state index in [0.29, 0.717) is 29.6 Å². The lowest BCUT2D eigenvalue weighted by Gasteiger charge is -2.42. The second-order valence-electron chi connectivity index (χ2n) is 9.61. The summed E-state index contributed by atoms with van der Waals surface area (Å²) in [5.74, 6) is 1.61. The van der Waals surface area contributed by atoms with Crippen LogP contribution in [0.25, 0.3) is 0 Å². The highest BCUT2D eigenvalue weighted by Crippen LogP contribution is 2.28. The Kier molecular flexibility index (Phi) is 8.29. The second kappa shape index (κ2) is 11.6. The predicted octanol–water partition coefficient (Wildman–Crippen LogP) is 3.68. The Morgan fingerprint density at radius 3 is 2.06 bits per heavy atom. The molecule has 2 heterocycles. The molecule has 0 aromatic heterocycles. The summed E-state index contributed by atoms with van der Waals surface area (Å²) < 4.78 is 10.6. The summed E-state index contributed by atoms with van der Waals surface area (Å²) in [5, 5.41) is 0. The minimum atomic E-state index is 0.0198. The monoisotopic (exact) mass is 479 g/mol. The van der Waals surface area contributed by atoms with Gasteiger partial charge in [-0.1, -0.05) is 30.3 Å². The largest absolute Gasteiger partial charge is 0.497 e. The molecule has 2 saturated heterocycles. The van der Waals surface area contributed by atoms with Gasteiger partial charge < -0.3 is 24.2 Å². The number of rotatable bonds is 7. The average Bonchev–Trinajstić information content (AvgIpc) is 2.92. The van der Waals surface area contributed by atoms with Gasteiger partial charge in [-0.15, -0.1) is 0 Å². The average molecular weight is 480 g/mol. The van der Waals surface area contributed by atoms with Gasteiger partial charge in [0, 0.05) is 50.3 Å². The molecule has 2 fully saturated rings. The Hall–Kier alpha value is -3.06. The number of hydrogen-bond acceptors (Lipinski definition) is 5. The van der Waals surface area contributed by atoms with Gasteiger partial charge in [0.1, 0.15) is 11.5 Å². The number of piperidine rings is 2. The summed E-state index contributed by atoms with van der Waals surface area (Å²) in [4.78, 5) is 32.4. The molecule has 188 valence electrons. The third-order valence-electron chi connectivity index (χ3n) is 7.38. The third-order valence-corrected chi connectivity index (χ3v) is 7.38. The molecule has 0 radical (unpaired) electrons. The van der Waals surface area contributed by atoms with Crippen LogP contribution in [0, 0.1) is 5.92 Å². The summed E-state index contributed by atoms with van der Waals surface area (Å²) in [7, 11) is 5.09. The van der Waals surface area contributed by atoms with E-state index in [1.54, 1.807) is 32.4 Å². The highest BCUT2D eigenvalue weighted by Gasteiger charge is 2.33. The maximum absolute atomic E-state index is 13.1. The highest BCUT2D eigenvalue weighted by molar-refractivity contribution is 5.95. The molecule has 2 aromatic rings. The van der Waals surface area contributed by atoms with Crippen LogP contribution in [0.4, 0.5) is 0 Å². The number of amides is 2. The molecule has 0 bridgehead atoms. The first kappa shape index (κ1) is 25.0. The summed E-state index contributed by atoms with van der Waals surface area (Å²) in [6, 6.07) is 15.9. The van der Waals surface area contributed by atoms with Gasteiger partial charge in [0.2, 0.25) is 5.91 Å². The van der Waals surface area contributed by atoms with Crippen LogP contribution in [-0.2, 0) is 11.3 Å². The number of likely N-dealkylation sites (tertiary alicyclic amines) is 2. The standard InChI is InChI=1S/C28H37N3O4/c1-29(20-21-7-5-4-6-8-21)27(32)22-9-13-30(14-10-22)24-11-15-31(16-12-24)28(33)23-17-25(34-2)19-26(18-23)35-3/h4-8,17-19,22,24H,9-16,20H2,1-3H3. The Balaban J connectivity index is 1.25. The predicted molar refractivity (Wildman–Crippen MR) is 136 cm³/mol. The molecule has 0 spiro atoms. The van der Waals surface area contributed by atoms with Crippen LogP contribution in [0.2, 0.25) is 0 Å². The zero-order valence-corrected chi connectivity index (χ0v) is 21.1. The van der Waals surface area contributed by atoms with E-state index < -0.39 is 0 Å². The summed E-state index contributed by atoms with van der Waals surface area (Å²) in [6.45, 7) is 4.03. The number of ether oxygens (including phenoxy) is 2. The fourth-order valence-electron chi connectivity index (χ4n) is 5.31. The van der Waals surface area contributed by atoms with Crippen LogP contribution in [0.5, 0.6) is 11.5 Å². The van der Waals surface area contributed by atoms with Gasteiger partial charge in [0.15, 0.2) is 0 Å². The molecule has 2 aliphatic rings. The quantitative estimate of drug-likeness (QED) is 0.606. The fraction of sp³-hybridized carbons (Fsp3) is 0.500. The number of benzene rings is 2. The van der Waals surface area contributed by atoms with Crippen molar-refractivity contribution in [1.82, 2.24) is 14.7 Å². The maximum atomic E-state index is 13.1. The lowest BCUT2D eigenvalue weighted by atomic mass is 9.92. The van der Waals surface area contributed by atoms with E-state index >= 15 is 0 Å². The molecule has 0 unspecified atom stereocenters. The molecule has 7 heteroatoms. The van der Waals surface area contributed by atoms with Crippen LogP contribution < -0.4 is 9.47 Å². The van der Waals surface area contributed by atoms with Crippen molar-refractivity contribution >= 4 is 11.8 Å². The Morgan fingerprint density at radius 1 is 0.886 bits per heavy atom. The van der Waals surface area contributed by atoms with Gasteiger partial charge in [0.25, 0.3) is 5.91 Å². The molecule has 2 amide bonds. The van der Waals surface area contributed by atoms with Gasteiger partial charge in [-0.25, -0.2) is 0 Å². The molecule has 2 aliphatic heterocycles. The Bertz CT molecular complexity index is 974. The van der Waals surface area contributed by atoms with Gasteiger partial charge in [-0.2, -0.15) is 0 Å². The lowest BCUT2D eigenvalue weighted by molar-refractivity contribution is -0.136. The van der Waals surface area contributed by atoms with Crippen LogP contribution >= 0.6 is 0 Å². The fourth-order valence-corrected chi connectivity index (χ4v) is 5.31. The first-order chi connectivity index (χ1) is 17.0. The third kappa shape index (κ3) is 6.14. The van der Waals surface area contributed by atoms with Gasteiger partial charge >= 0.3 is 0 Å². The van der Waals surface area contributed by atoms with E-state index in [-0.39, 0.29) is 17.7 Å². The van der Waals surface area contributed by atoms with Crippen molar-refractivity contribution in [3.8, 4) is 11.5 Å². The first-order valence-corrected chi connectivity index (χ1v) is 12.5. The molecule has 0 atom stereocenters. The molecule has 0 N–H and O–H groups in total. The normalized spacial score (nSPS) is 17.7. The first-order valence-electron chi connectivity index (χ1n) is 12.5. The van der Waals surface area contributed by atoms with Crippen molar-refractivity contribution in [3.63, 3.8) is 0 Å². The number of carbonyl (C=O) groups is 2. The number of methoxy groups -OCH3 is 2. The second-order valence-corrected chi connectivity index (χ2v) is 9.61. The van der Waals surface area contributed by atoms with Gasteiger partial charge in [0.05, 0.1) is 14.2 Å². The molecule has 2 aromatic carbocycles. The summed E-state index contributed by atoms with van der Waals surface area (Å²) in [5.41, 5.74) is 1.76. The zero-order chi connectivity index (χ0) is 24.8. The molecular weight excluding hydrogens is 442 g/mol. The minimum absolute atomic E-state index is 0.0198. The van der Waals surface area contributed by atoms with Crippen LogP contribution in [-0.4, -0.2) is 80.0 Å². The van der Waals surface area contributed by atoms with E-state index in [1.165, 1.54) is 0 Å². The van der Waals surface area contributed by atoms with E-state index in [9.17, 15) is 9.59 Å². The molecule has 0 saturated carbocycles. The molecule has 35 heavy (non-hydrogen) atoms. The highest BCUT2D eigenvalue weighted by atomic mass is 16.5. The lowest BCUT2D eigenvalue weighted by Crippen LogP contribution is -2.50. The van der Waals surface area contributed by atoms with Crippen molar-refractivity contribution in [3.05, 3.63) is 59.7 Å². The molecule has 7 nitrogen and oxygen atoms in total. The van der Waals surface area contributed by atoms with E-state index in [1.807, 2.05) is 35.0 Å². The molecular formula is C28H37N3O4. The summed E-state index contributed by atoms with van der Waals surface area (Å²) in [6.07, 6.45) is 3.72. The van der Waals surface area contributed by atoms with Crippen molar-refractivity contribution in [2.45, 2.75) is 38.3 Å². The number of hydrogen-bond donors (Lipinski definition) is 0. The van der Waals surface area contributed by atoms with E-state index in [0.717, 1.165) is 57.4 Å². The van der Waals surface area contributed by atoms with Crippen LogP contribution in [0.15, 0.2) is 48.5 Å². The van der Waals surface area contributed by atoms with E-state index in [2.05, 4.69) is 17.0 Å².